The van der Waals surface area contributed by atoms with Crippen molar-refractivity contribution in [2.75, 3.05) is 43.5 Å². The maximum absolute atomic E-state index is 12.3. The van der Waals surface area contributed by atoms with Gasteiger partial charge >= 0.3 is 5.97 Å². The first kappa shape index (κ1) is 18.4. The number of hydrogen-bond acceptors (Lipinski definition) is 6. The van der Waals surface area contributed by atoms with Crippen LogP contribution in [0.15, 0.2) is 42.6 Å². The number of esters is 1. The van der Waals surface area contributed by atoms with E-state index in [4.69, 9.17) is 0 Å². The first-order valence-electron chi connectivity index (χ1n) is 8.51. The van der Waals surface area contributed by atoms with E-state index in [0.29, 0.717) is 30.0 Å². The number of carbonyl (C=O) groups is 3. The first-order valence-corrected chi connectivity index (χ1v) is 8.51. The van der Waals surface area contributed by atoms with Gasteiger partial charge in [0.1, 0.15) is 5.69 Å². The van der Waals surface area contributed by atoms with Crippen LogP contribution in [0, 0.1) is 0 Å². The van der Waals surface area contributed by atoms with E-state index in [0.717, 1.165) is 25.2 Å². The summed E-state index contributed by atoms with van der Waals surface area (Å²) in [5.41, 5.74) is 2.18. The zero-order valence-corrected chi connectivity index (χ0v) is 14.9. The Morgan fingerprint density at radius 1 is 1.07 bits per heavy atom. The molecule has 0 saturated carbocycles. The van der Waals surface area contributed by atoms with Crippen molar-refractivity contribution in [3.05, 3.63) is 53.9 Å². The SMILES string of the molecule is COC(=O)c1ccc(NC(=O)c2ccc(N3CCN(C=O)CC3)cn2)cc1. The fourth-order valence-electron chi connectivity index (χ4n) is 2.80. The molecule has 1 aromatic heterocycles. The van der Waals surface area contributed by atoms with E-state index in [1.54, 1.807) is 41.4 Å². The predicted octanol–water partition coefficient (Wildman–Crippen LogP) is 1.40. The van der Waals surface area contributed by atoms with E-state index in [9.17, 15) is 14.4 Å². The molecule has 1 fully saturated rings. The van der Waals surface area contributed by atoms with E-state index >= 15 is 0 Å². The minimum atomic E-state index is -0.431. The van der Waals surface area contributed by atoms with Crippen LogP contribution in [0.5, 0.6) is 0 Å². The molecule has 0 unspecified atom stereocenters. The molecule has 8 nitrogen and oxygen atoms in total. The van der Waals surface area contributed by atoms with Crippen molar-refractivity contribution in [1.29, 1.82) is 0 Å². The number of benzene rings is 1. The largest absolute Gasteiger partial charge is 0.465 e. The first-order chi connectivity index (χ1) is 13.1. The molecule has 140 valence electrons. The van der Waals surface area contributed by atoms with Gasteiger partial charge in [-0.25, -0.2) is 9.78 Å². The second-order valence-electron chi connectivity index (χ2n) is 6.05. The smallest absolute Gasteiger partial charge is 0.337 e. The quantitative estimate of drug-likeness (QED) is 0.634. The highest BCUT2D eigenvalue weighted by molar-refractivity contribution is 6.03. The molecule has 8 heteroatoms. The van der Waals surface area contributed by atoms with Crippen LogP contribution in [0.3, 0.4) is 0 Å². The van der Waals surface area contributed by atoms with Gasteiger partial charge in [0.15, 0.2) is 0 Å². The summed E-state index contributed by atoms with van der Waals surface area (Å²) in [5, 5.41) is 2.74. The minimum Gasteiger partial charge on any atom is -0.465 e. The predicted molar refractivity (Wildman–Crippen MR) is 99.8 cm³/mol. The van der Waals surface area contributed by atoms with Gasteiger partial charge in [-0.15, -0.1) is 0 Å². The van der Waals surface area contributed by atoms with Crippen LogP contribution in [0.25, 0.3) is 0 Å². The molecule has 0 atom stereocenters. The highest BCUT2D eigenvalue weighted by Crippen LogP contribution is 2.16. The van der Waals surface area contributed by atoms with Crippen molar-refractivity contribution in [1.82, 2.24) is 9.88 Å². The molecule has 2 heterocycles. The van der Waals surface area contributed by atoms with Gasteiger partial charge < -0.3 is 19.9 Å². The Morgan fingerprint density at radius 2 is 1.78 bits per heavy atom. The van der Waals surface area contributed by atoms with Crippen LogP contribution in [0.4, 0.5) is 11.4 Å². The van der Waals surface area contributed by atoms with Crippen molar-refractivity contribution >= 4 is 29.7 Å². The number of nitrogens with zero attached hydrogens (tertiary/aromatic N) is 3. The molecule has 2 amide bonds. The third-order valence-electron chi connectivity index (χ3n) is 4.37. The third kappa shape index (κ3) is 4.41. The number of methoxy groups -OCH3 is 1. The average molecular weight is 368 g/mol. The van der Waals surface area contributed by atoms with E-state index in [1.165, 1.54) is 7.11 Å². The fraction of sp³-hybridized carbons (Fsp3) is 0.263. The molecule has 3 rings (SSSR count). The summed E-state index contributed by atoms with van der Waals surface area (Å²) in [6.45, 7) is 2.82. The molecule has 0 bridgehead atoms. The number of aromatic nitrogens is 1. The van der Waals surface area contributed by atoms with Crippen LogP contribution in [0.2, 0.25) is 0 Å². The highest BCUT2D eigenvalue weighted by atomic mass is 16.5. The van der Waals surface area contributed by atoms with E-state index < -0.39 is 5.97 Å². The number of rotatable bonds is 5. The molecular weight excluding hydrogens is 348 g/mol. The second kappa shape index (κ2) is 8.31. The molecule has 0 spiro atoms. The zero-order chi connectivity index (χ0) is 19.2. The molecular formula is C19H20N4O4. The van der Waals surface area contributed by atoms with Crippen molar-refractivity contribution in [3.8, 4) is 0 Å². The van der Waals surface area contributed by atoms with Gasteiger partial charge in [-0.3, -0.25) is 9.59 Å². The molecule has 1 N–H and O–H groups in total. The van der Waals surface area contributed by atoms with E-state index in [2.05, 4.69) is 19.9 Å². The zero-order valence-electron chi connectivity index (χ0n) is 14.9. The Labute approximate surface area is 156 Å². The monoisotopic (exact) mass is 368 g/mol. The number of carbonyl (C=O) groups excluding carboxylic acids is 3. The summed E-state index contributed by atoms with van der Waals surface area (Å²) in [6, 6.07) is 9.93. The molecule has 1 aliphatic rings. The van der Waals surface area contributed by atoms with Crippen molar-refractivity contribution in [2.24, 2.45) is 0 Å². The van der Waals surface area contributed by atoms with Crippen molar-refractivity contribution in [2.45, 2.75) is 0 Å². The van der Waals surface area contributed by atoms with E-state index in [1.807, 2.05) is 6.07 Å². The number of anilines is 2. The topological polar surface area (TPSA) is 91.8 Å². The maximum atomic E-state index is 12.3. The normalized spacial score (nSPS) is 13.8. The summed E-state index contributed by atoms with van der Waals surface area (Å²) in [4.78, 5) is 42.6. The minimum absolute atomic E-state index is 0.294. The summed E-state index contributed by atoms with van der Waals surface area (Å²) in [7, 11) is 1.32. The lowest BCUT2D eigenvalue weighted by Crippen LogP contribution is -2.45. The van der Waals surface area contributed by atoms with Crippen LogP contribution in [0.1, 0.15) is 20.8 Å². The molecule has 2 aromatic rings. The number of pyridine rings is 1. The van der Waals surface area contributed by atoms with Crippen molar-refractivity contribution in [3.63, 3.8) is 0 Å². The number of amides is 2. The van der Waals surface area contributed by atoms with Crippen LogP contribution in [-0.4, -0.2) is 61.5 Å². The van der Waals surface area contributed by atoms with Gasteiger partial charge in [-0.1, -0.05) is 0 Å². The van der Waals surface area contributed by atoms with Crippen LogP contribution >= 0.6 is 0 Å². The van der Waals surface area contributed by atoms with Gasteiger partial charge in [0.25, 0.3) is 5.91 Å². The Hall–Kier alpha value is -3.42. The highest BCUT2D eigenvalue weighted by Gasteiger charge is 2.17. The Morgan fingerprint density at radius 3 is 2.33 bits per heavy atom. The average Bonchev–Trinajstić information content (AvgIpc) is 2.74. The van der Waals surface area contributed by atoms with E-state index in [-0.39, 0.29) is 5.91 Å². The van der Waals surface area contributed by atoms with Crippen LogP contribution < -0.4 is 10.2 Å². The Bertz CT molecular complexity index is 813. The summed E-state index contributed by atoms with van der Waals surface area (Å²) < 4.78 is 4.64. The third-order valence-corrected chi connectivity index (χ3v) is 4.37. The van der Waals surface area contributed by atoms with Crippen LogP contribution in [-0.2, 0) is 9.53 Å². The molecule has 0 radical (unpaired) electrons. The fourth-order valence-corrected chi connectivity index (χ4v) is 2.80. The van der Waals surface area contributed by atoms with Crippen molar-refractivity contribution < 1.29 is 19.1 Å². The second-order valence-corrected chi connectivity index (χ2v) is 6.05. The lowest BCUT2D eigenvalue weighted by molar-refractivity contribution is -0.118. The number of piperazine rings is 1. The lowest BCUT2D eigenvalue weighted by atomic mass is 10.2. The molecule has 0 aliphatic carbocycles. The number of nitrogens with one attached hydrogen (secondary N) is 1. The molecule has 27 heavy (non-hydrogen) atoms. The van der Waals surface area contributed by atoms with Gasteiger partial charge in [0, 0.05) is 31.9 Å². The van der Waals surface area contributed by atoms with Gasteiger partial charge in [0.2, 0.25) is 6.41 Å². The standard InChI is InChI=1S/C19H20N4O4/c1-27-19(26)14-2-4-15(5-3-14)21-18(25)17-7-6-16(12-20-17)23-10-8-22(13-24)9-11-23/h2-7,12-13H,8-11H2,1H3,(H,21,25). The summed E-state index contributed by atoms with van der Waals surface area (Å²) >= 11 is 0. The van der Waals surface area contributed by atoms with Gasteiger partial charge in [0.05, 0.1) is 24.6 Å². The maximum Gasteiger partial charge on any atom is 0.337 e. The molecule has 1 saturated heterocycles. The summed E-state index contributed by atoms with van der Waals surface area (Å²) in [6.07, 6.45) is 2.52. The number of ether oxygens (including phenoxy) is 1. The van der Waals surface area contributed by atoms with Gasteiger partial charge in [-0.05, 0) is 36.4 Å². The van der Waals surface area contributed by atoms with Gasteiger partial charge in [-0.2, -0.15) is 0 Å². The Balaban J connectivity index is 1.60. The summed E-state index contributed by atoms with van der Waals surface area (Å²) in [5.74, 6) is -0.766. The molecule has 1 aliphatic heterocycles. The Kier molecular flexibility index (Phi) is 5.65. The molecule has 1 aromatic carbocycles. The number of hydrogen-bond donors (Lipinski definition) is 1. The lowest BCUT2D eigenvalue weighted by Gasteiger charge is -2.33.